The minimum Gasteiger partial charge on any atom is -0.508 e. The maximum absolute atomic E-state index is 9.32. The molecule has 0 fully saturated rings. The summed E-state index contributed by atoms with van der Waals surface area (Å²) in [6.07, 6.45) is 2.23. The lowest BCUT2D eigenvalue weighted by molar-refractivity contribution is 0.475. The predicted molar refractivity (Wildman–Crippen MR) is 116 cm³/mol. The van der Waals surface area contributed by atoms with E-state index in [1.54, 1.807) is 12.1 Å². The number of benzene rings is 3. The molecule has 0 amide bonds. The molecular weight excluding hydrogens is 350 g/mol. The van der Waals surface area contributed by atoms with E-state index in [9.17, 15) is 5.11 Å². The van der Waals surface area contributed by atoms with Crippen LogP contribution in [0, 0.1) is 0 Å². The van der Waals surface area contributed by atoms with E-state index < -0.39 is 0 Å². The van der Waals surface area contributed by atoms with E-state index in [0.717, 1.165) is 31.7 Å². The third-order valence-corrected chi connectivity index (χ3v) is 5.72. The molecule has 0 atom stereocenters. The summed E-state index contributed by atoms with van der Waals surface area (Å²) in [5.41, 5.74) is 2.77. The zero-order chi connectivity index (χ0) is 18.7. The van der Waals surface area contributed by atoms with Crippen molar-refractivity contribution < 1.29 is 5.11 Å². The number of phenols is 1. The fourth-order valence-electron chi connectivity index (χ4n) is 3.20. The van der Waals surface area contributed by atoms with Crippen molar-refractivity contribution in [3.8, 4) is 5.75 Å². The van der Waals surface area contributed by atoms with Crippen LogP contribution in [0.25, 0.3) is 0 Å². The molecule has 3 heteroatoms. The van der Waals surface area contributed by atoms with Crippen LogP contribution in [0.1, 0.15) is 29.9 Å². The van der Waals surface area contributed by atoms with Gasteiger partial charge in [-0.25, -0.2) is 0 Å². The summed E-state index contributed by atoms with van der Waals surface area (Å²) in [7, 11) is 0. The standard InChI is InChI=1S/C24H27NOS/c26-22-12-14-23(15-13-22)27-19-7-17-25-18-16-24(20-8-3-1-4-9-20)21-10-5-2-6-11-21/h1-6,8-15,24-26H,7,16-19H2. The Morgan fingerprint density at radius 1 is 0.741 bits per heavy atom. The molecule has 0 radical (unpaired) electrons. The van der Waals surface area contributed by atoms with Crippen LogP contribution in [0.4, 0.5) is 0 Å². The lowest BCUT2D eigenvalue weighted by Crippen LogP contribution is -2.19. The van der Waals surface area contributed by atoms with Crippen LogP contribution in [0.5, 0.6) is 5.75 Å². The van der Waals surface area contributed by atoms with Gasteiger partial charge < -0.3 is 10.4 Å². The van der Waals surface area contributed by atoms with Crippen molar-refractivity contribution in [2.75, 3.05) is 18.8 Å². The maximum Gasteiger partial charge on any atom is 0.115 e. The first-order valence-electron chi connectivity index (χ1n) is 9.55. The molecule has 140 valence electrons. The molecule has 0 unspecified atom stereocenters. The zero-order valence-corrected chi connectivity index (χ0v) is 16.4. The molecule has 3 aromatic rings. The quantitative estimate of drug-likeness (QED) is 0.352. The van der Waals surface area contributed by atoms with Crippen LogP contribution in [0.15, 0.2) is 89.8 Å². The van der Waals surface area contributed by atoms with Crippen LogP contribution in [0.3, 0.4) is 0 Å². The van der Waals surface area contributed by atoms with Crippen molar-refractivity contribution in [3.63, 3.8) is 0 Å². The Kier molecular flexibility index (Phi) is 7.82. The predicted octanol–water partition coefficient (Wildman–Crippen LogP) is 5.69. The summed E-state index contributed by atoms with van der Waals surface area (Å²) in [5.74, 6) is 1.84. The maximum atomic E-state index is 9.32. The molecule has 0 heterocycles. The van der Waals surface area contributed by atoms with E-state index >= 15 is 0 Å². The monoisotopic (exact) mass is 377 g/mol. The second kappa shape index (κ2) is 10.8. The van der Waals surface area contributed by atoms with Gasteiger partial charge in [-0.1, -0.05) is 60.7 Å². The van der Waals surface area contributed by atoms with Gasteiger partial charge in [0.25, 0.3) is 0 Å². The van der Waals surface area contributed by atoms with E-state index in [4.69, 9.17) is 0 Å². The number of thioether (sulfide) groups is 1. The van der Waals surface area contributed by atoms with Gasteiger partial charge in [-0.2, -0.15) is 0 Å². The Hall–Kier alpha value is -2.23. The molecule has 27 heavy (non-hydrogen) atoms. The second-order valence-corrected chi connectivity index (χ2v) is 7.78. The van der Waals surface area contributed by atoms with E-state index in [0.29, 0.717) is 11.7 Å². The van der Waals surface area contributed by atoms with Gasteiger partial charge in [-0.3, -0.25) is 0 Å². The third kappa shape index (κ3) is 6.46. The fraction of sp³-hybridized carbons (Fsp3) is 0.250. The minimum atomic E-state index is 0.326. The highest BCUT2D eigenvalue weighted by Crippen LogP contribution is 2.27. The van der Waals surface area contributed by atoms with Gasteiger partial charge in [0.2, 0.25) is 0 Å². The number of hydrogen-bond acceptors (Lipinski definition) is 3. The summed E-state index contributed by atoms with van der Waals surface area (Å²) in [4.78, 5) is 1.21. The van der Waals surface area contributed by atoms with Crippen LogP contribution in [-0.2, 0) is 0 Å². The molecule has 2 nitrogen and oxygen atoms in total. The SMILES string of the molecule is Oc1ccc(SCCCNCCC(c2ccccc2)c2ccccc2)cc1. The molecular formula is C24H27NOS. The number of hydrogen-bond donors (Lipinski definition) is 2. The van der Waals surface area contributed by atoms with Gasteiger partial charge in [0.05, 0.1) is 0 Å². The first kappa shape index (κ1) is 19.5. The Morgan fingerprint density at radius 3 is 1.93 bits per heavy atom. The molecule has 0 aliphatic carbocycles. The van der Waals surface area contributed by atoms with Crippen molar-refractivity contribution >= 4 is 11.8 Å². The van der Waals surface area contributed by atoms with Gasteiger partial charge in [-0.05, 0) is 67.1 Å². The van der Waals surface area contributed by atoms with Crippen molar-refractivity contribution in [2.24, 2.45) is 0 Å². The summed E-state index contributed by atoms with van der Waals surface area (Å²) in [6, 6.07) is 29.0. The molecule has 0 spiro atoms. The molecule has 3 rings (SSSR count). The van der Waals surface area contributed by atoms with E-state index in [2.05, 4.69) is 66.0 Å². The van der Waals surface area contributed by atoms with Crippen LogP contribution in [-0.4, -0.2) is 23.9 Å². The Labute approximate surface area is 166 Å². The highest BCUT2D eigenvalue weighted by molar-refractivity contribution is 7.99. The molecule has 0 bridgehead atoms. The highest BCUT2D eigenvalue weighted by Gasteiger charge is 2.13. The Morgan fingerprint density at radius 2 is 1.33 bits per heavy atom. The molecule has 3 aromatic carbocycles. The van der Waals surface area contributed by atoms with Gasteiger partial charge in [0.1, 0.15) is 5.75 Å². The molecule has 2 N–H and O–H groups in total. The first-order valence-corrected chi connectivity index (χ1v) is 10.5. The average molecular weight is 378 g/mol. The van der Waals surface area contributed by atoms with Crippen LogP contribution in [0.2, 0.25) is 0 Å². The smallest absolute Gasteiger partial charge is 0.115 e. The largest absolute Gasteiger partial charge is 0.508 e. The lowest BCUT2D eigenvalue weighted by atomic mass is 9.88. The fourth-order valence-corrected chi connectivity index (χ4v) is 4.05. The van der Waals surface area contributed by atoms with Crippen molar-refractivity contribution in [2.45, 2.75) is 23.7 Å². The number of rotatable bonds is 10. The van der Waals surface area contributed by atoms with Crippen molar-refractivity contribution in [3.05, 3.63) is 96.1 Å². The lowest BCUT2D eigenvalue weighted by Gasteiger charge is -2.18. The topological polar surface area (TPSA) is 32.3 Å². The highest BCUT2D eigenvalue weighted by atomic mass is 32.2. The normalized spacial score (nSPS) is 11.0. The molecule has 0 aromatic heterocycles. The van der Waals surface area contributed by atoms with Crippen LogP contribution >= 0.6 is 11.8 Å². The van der Waals surface area contributed by atoms with Gasteiger partial charge in [-0.15, -0.1) is 11.8 Å². The molecule has 0 aliphatic heterocycles. The van der Waals surface area contributed by atoms with E-state index in [-0.39, 0.29) is 0 Å². The minimum absolute atomic E-state index is 0.326. The summed E-state index contributed by atoms with van der Waals surface area (Å²) in [5, 5.41) is 12.9. The summed E-state index contributed by atoms with van der Waals surface area (Å²) < 4.78 is 0. The summed E-state index contributed by atoms with van der Waals surface area (Å²) in [6.45, 7) is 2.04. The number of aromatic hydroxyl groups is 1. The number of nitrogens with one attached hydrogen (secondary N) is 1. The van der Waals surface area contributed by atoms with Gasteiger partial charge >= 0.3 is 0 Å². The Bertz CT molecular complexity index is 735. The first-order chi connectivity index (χ1) is 13.3. The molecule has 0 saturated carbocycles. The van der Waals surface area contributed by atoms with Gasteiger partial charge in [0.15, 0.2) is 0 Å². The van der Waals surface area contributed by atoms with Crippen molar-refractivity contribution in [1.82, 2.24) is 5.32 Å². The van der Waals surface area contributed by atoms with Crippen molar-refractivity contribution in [1.29, 1.82) is 0 Å². The van der Waals surface area contributed by atoms with Gasteiger partial charge in [0, 0.05) is 10.8 Å². The van der Waals surface area contributed by atoms with E-state index in [1.807, 2.05) is 23.9 Å². The number of phenolic OH excluding ortho intramolecular Hbond substituents is 1. The zero-order valence-electron chi connectivity index (χ0n) is 15.6. The molecule has 0 aliphatic rings. The third-order valence-electron chi connectivity index (χ3n) is 4.62. The Balaban J connectivity index is 1.41. The summed E-state index contributed by atoms with van der Waals surface area (Å²) >= 11 is 1.84. The second-order valence-electron chi connectivity index (χ2n) is 6.61. The van der Waals surface area contributed by atoms with E-state index in [1.165, 1.54) is 16.0 Å². The molecule has 0 saturated heterocycles. The average Bonchev–Trinajstić information content (AvgIpc) is 2.73. The van der Waals surface area contributed by atoms with Crippen LogP contribution < -0.4 is 5.32 Å².